The first-order chi connectivity index (χ1) is 12.0. The highest BCUT2D eigenvalue weighted by Crippen LogP contribution is 2.20. The van der Waals surface area contributed by atoms with Crippen LogP contribution in [0, 0.1) is 17.1 Å². The van der Waals surface area contributed by atoms with E-state index in [1.165, 1.54) is 17.0 Å². The highest BCUT2D eigenvalue weighted by atomic mass is 35.5. The fourth-order valence-electron chi connectivity index (χ4n) is 2.65. The molecule has 0 unspecified atom stereocenters. The standard InChI is InChI=1S/C18H13ClFN3O2/c19-15-6-3-13(9-16(15)20)18(25)22-7-8-23(17(24)11-22)14-4-1-12(10-21)2-5-14/h1-6,9H,7-8,11H2. The van der Waals surface area contributed by atoms with Crippen LogP contribution in [0.15, 0.2) is 42.5 Å². The minimum Gasteiger partial charge on any atom is -0.328 e. The maximum Gasteiger partial charge on any atom is 0.254 e. The normalized spacial score (nSPS) is 14.4. The van der Waals surface area contributed by atoms with Gasteiger partial charge < -0.3 is 9.80 Å². The van der Waals surface area contributed by atoms with E-state index in [2.05, 4.69) is 0 Å². The van der Waals surface area contributed by atoms with Crippen LogP contribution in [0.1, 0.15) is 15.9 Å². The van der Waals surface area contributed by atoms with E-state index in [0.29, 0.717) is 24.3 Å². The summed E-state index contributed by atoms with van der Waals surface area (Å²) in [5.41, 5.74) is 1.34. The van der Waals surface area contributed by atoms with Gasteiger partial charge in [0.1, 0.15) is 12.4 Å². The molecule has 2 aromatic carbocycles. The minimum absolute atomic E-state index is 0.0572. The van der Waals surface area contributed by atoms with Gasteiger partial charge in [-0.15, -0.1) is 0 Å². The number of piperazine rings is 1. The molecule has 1 aliphatic heterocycles. The van der Waals surface area contributed by atoms with Crippen molar-refractivity contribution in [3.63, 3.8) is 0 Å². The van der Waals surface area contributed by atoms with Gasteiger partial charge in [-0.05, 0) is 42.5 Å². The molecule has 0 atom stereocenters. The molecule has 2 amide bonds. The van der Waals surface area contributed by atoms with Crippen molar-refractivity contribution in [2.45, 2.75) is 0 Å². The summed E-state index contributed by atoms with van der Waals surface area (Å²) in [7, 11) is 0. The lowest BCUT2D eigenvalue weighted by Crippen LogP contribution is -2.52. The number of carbonyl (C=O) groups excluding carboxylic acids is 2. The van der Waals surface area contributed by atoms with Crippen LogP contribution < -0.4 is 4.90 Å². The Bertz CT molecular complexity index is 877. The summed E-state index contributed by atoms with van der Waals surface area (Å²) in [6.07, 6.45) is 0. The van der Waals surface area contributed by atoms with Crippen LogP contribution in [-0.4, -0.2) is 36.3 Å². The predicted octanol–water partition coefficient (Wildman–Crippen LogP) is 2.84. The fourth-order valence-corrected chi connectivity index (χ4v) is 2.76. The van der Waals surface area contributed by atoms with E-state index < -0.39 is 11.7 Å². The first kappa shape index (κ1) is 16.9. The molecule has 0 radical (unpaired) electrons. The zero-order valence-electron chi connectivity index (χ0n) is 13.1. The van der Waals surface area contributed by atoms with Gasteiger partial charge in [-0.2, -0.15) is 5.26 Å². The van der Waals surface area contributed by atoms with E-state index in [-0.39, 0.29) is 23.0 Å². The average Bonchev–Trinajstić information content (AvgIpc) is 2.63. The molecule has 1 aliphatic rings. The second-order valence-corrected chi connectivity index (χ2v) is 5.97. The van der Waals surface area contributed by atoms with E-state index >= 15 is 0 Å². The summed E-state index contributed by atoms with van der Waals surface area (Å²) in [5.74, 6) is -1.32. The van der Waals surface area contributed by atoms with Gasteiger partial charge in [-0.3, -0.25) is 9.59 Å². The number of halogens is 2. The number of anilines is 1. The summed E-state index contributed by atoms with van der Waals surface area (Å²) in [4.78, 5) is 27.8. The van der Waals surface area contributed by atoms with Gasteiger partial charge in [-0.1, -0.05) is 11.6 Å². The third-order valence-corrected chi connectivity index (χ3v) is 4.29. The van der Waals surface area contributed by atoms with Crippen LogP contribution >= 0.6 is 11.6 Å². The Kier molecular flexibility index (Phi) is 4.68. The SMILES string of the molecule is N#Cc1ccc(N2CCN(C(=O)c3ccc(Cl)c(F)c3)CC2=O)cc1. The van der Waals surface area contributed by atoms with Crippen LogP contribution in [0.2, 0.25) is 5.02 Å². The molecule has 1 fully saturated rings. The molecule has 0 aliphatic carbocycles. The Morgan fingerprint density at radius 1 is 1.16 bits per heavy atom. The summed E-state index contributed by atoms with van der Waals surface area (Å²) in [6, 6.07) is 12.5. The molecule has 25 heavy (non-hydrogen) atoms. The van der Waals surface area contributed by atoms with Crippen molar-refractivity contribution in [1.29, 1.82) is 5.26 Å². The Morgan fingerprint density at radius 2 is 1.88 bits per heavy atom. The van der Waals surface area contributed by atoms with Gasteiger partial charge in [-0.25, -0.2) is 4.39 Å². The van der Waals surface area contributed by atoms with Gasteiger partial charge in [0.15, 0.2) is 0 Å². The smallest absolute Gasteiger partial charge is 0.254 e. The van der Waals surface area contributed by atoms with Crippen molar-refractivity contribution in [3.05, 3.63) is 64.4 Å². The lowest BCUT2D eigenvalue weighted by Gasteiger charge is -2.34. The van der Waals surface area contributed by atoms with Crippen molar-refractivity contribution in [1.82, 2.24) is 4.90 Å². The van der Waals surface area contributed by atoms with Gasteiger partial charge in [0.25, 0.3) is 5.91 Å². The minimum atomic E-state index is -0.671. The number of carbonyl (C=O) groups is 2. The molecule has 126 valence electrons. The van der Waals surface area contributed by atoms with E-state index in [1.54, 1.807) is 29.2 Å². The maximum absolute atomic E-state index is 13.5. The molecule has 1 saturated heterocycles. The number of hydrogen-bond donors (Lipinski definition) is 0. The summed E-state index contributed by atoms with van der Waals surface area (Å²) < 4.78 is 13.5. The lowest BCUT2D eigenvalue weighted by molar-refractivity contribution is -0.120. The Balaban J connectivity index is 1.72. The molecular formula is C18H13ClFN3O2. The lowest BCUT2D eigenvalue weighted by atomic mass is 10.1. The molecule has 0 saturated carbocycles. The molecular weight excluding hydrogens is 345 g/mol. The van der Waals surface area contributed by atoms with Crippen LogP contribution in [-0.2, 0) is 4.79 Å². The largest absolute Gasteiger partial charge is 0.328 e. The Morgan fingerprint density at radius 3 is 2.48 bits per heavy atom. The number of nitriles is 1. The number of amides is 2. The Hall–Kier alpha value is -2.91. The second-order valence-electron chi connectivity index (χ2n) is 5.56. The maximum atomic E-state index is 13.5. The van der Waals surface area contributed by atoms with Crippen LogP contribution in [0.5, 0.6) is 0 Å². The van der Waals surface area contributed by atoms with Gasteiger partial charge >= 0.3 is 0 Å². The van der Waals surface area contributed by atoms with Crippen molar-refractivity contribution < 1.29 is 14.0 Å². The predicted molar refractivity (Wildman–Crippen MR) is 90.8 cm³/mol. The summed E-state index contributed by atoms with van der Waals surface area (Å²) >= 11 is 5.62. The third kappa shape index (κ3) is 3.47. The molecule has 3 rings (SSSR count). The summed E-state index contributed by atoms with van der Waals surface area (Å²) in [6.45, 7) is 0.560. The van der Waals surface area contributed by atoms with E-state index in [9.17, 15) is 14.0 Å². The first-order valence-corrected chi connectivity index (χ1v) is 7.92. The molecule has 0 bridgehead atoms. The molecule has 1 heterocycles. The van der Waals surface area contributed by atoms with Gasteiger partial charge in [0.2, 0.25) is 5.91 Å². The molecule has 7 heteroatoms. The summed E-state index contributed by atoms with van der Waals surface area (Å²) in [5, 5.41) is 8.76. The van der Waals surface area contributed by atoms with E-state index in [0.717, 1.165) is 6.07 Å². The third-order valence-electron chi connectivity index (χ3n) is 3.98. The first-order valence-electron chi connectivity index (χ1n) is 7.54. The molecule has 5 nitrogen and oxygen atoms in total. The topological polar surface area (TPSA) is 64.4 Å². The molecule has 0 spiro atoms. The zero-order valence-corrected chi connectivity index (χ0v) is 13.8. The van der Waals surface area contributed by atoms with Crippen LogP contribution in [0.4, 0.5) is 10.1 Å². The monoisotopic (exact) mass is 357 g/mol. The number of rotatable bonds is 2. The highest BCUT2D eigenvalue weighted by Gasteiger charge is 2.28. The van der Waals surface area contributed by atoms with Crippen LogP contribution in [0.25, 0.3) is 0 Å². The molecule has 2 aromatic rings. The molecule has 0 N–H and O–H groups in total. The Labute approximate surface area is 148 Å². The van der Waals surface area contributed by atoms with Gasteiger partial charge in [0.05, 0.1) is 16.7 Å². The molecule has 0 aromatic heterocycles. The number of benzene rings is 2. The van der Waals surface area contributed by atoms with Crippen molar-refractivity contribution in [2.75, 3.05) is 24.5 Å². The van der Waals surface area contributed by atoms with Crippen LogP contribution in [0.3, 0.4) is 0 Å². The van der Waals surface area contributed by atoms with E-state index in [1.807, 2.05) is 6.07 Å². The average molecular weight is 358 g/mol. The van der Waals surface area contributed by atoms with E-state index in [4.69, 9.17) is 16.9 Å². The van der Waals surface area contributed by atoms with Crippen molar-refractivity contribution in [3.8, 4) is 6.07 Å². The van der Waals surface area contributed by atoms with Crippen molar-refractivity contribution in [2.24, 2.45) is 0 Å². The highest BCUT2D eigenvalue weighted by molar-refractivity contribution is 6.30. The van der Waals surface area contributed by atoms with Crippen molar-refractivity contribution >= 4 is 29.1 Å². The number of hydrogen-bond acceptors (Lipinski definition) is 3. The van der Waals surface area contributed by atoms with Gasteiger partial charge in [0, 0.05) is 24.3 Å². The zero-order chi connectivity index (χ0) is 18.0. The second kappa shape index (κ2) is 6.91. The number of nitrogens with zero attached hydrogens (tertiary/aromatic N) is 3. The quantitative estimate of drug-likeness (QED) is 0.830. The fraction of sp³-hybridized carbons (Fsp3) is 0.167.